The summed E-state index contributed by atoms with van der Waals surface area (Å²) in [5.41, 5.74) is 1.33. The van der Waals surface area contributed by atoms with Gasteiger partial charge in [0, 0.05) is 10.4 Å². The number of hydrogen-bond acceptors (Lipinski definition) is 2. The van der Waals surface area contributed by atoms with Gasteiger partial charge in [-0.05, 0) is 18.2 Å². The van der Waals surface area contributed by atoms with Gasteiger partial charge in [-0.25, -0.2) is 0 Å². The lowest BCUT2D eigenvalue weighted by atomic mass is 10.1. The van der Waals surface area contributed by atoms with Crippen molar-refractivity contribution in [2.75, 3.05) is 7.11 Å². The van der Waals surface area contributed by atoms with Crippen molar-refractivity contribution >= 4 is 11.3 Å². The molecule has 0 spiro atoms. The van der Waals surface area contributed by atoms with Gasteiger partial charge in [0.2, 0.25) is 0 Å². The average molecular weight is 170 g/mol. The normalized spacial score (nSPS) is 10.6. The fourth-order valence-corrected chi connectivity index (χ4v) is 2.11. The van der Waals surface area contributed by atoms with Crippen molar-refractivity contribution in [3.63, 3.8) is 0 Å². The van der Waals surface area contributed by atoms with Crippen molar-refractivity contribution in [1.29, 1.82) is 0 Å². The molecule has 1 nitrogen and oxygen atoms in total. The molecular formula is C9H14OS. The zero-order valence-corrected chi connectivity index (χ0v) is 8.29. The SMILES string of the molecule is COc1c(C(C)C)csc1C. The second-order valence-electron chi connectivity index (χ2n) is 2.94. The smallest absolute Gasteiger partial charge is 0.135 e. The van der Waals surface area contributed by atoms with Crippen LogP contribution in [0.2, 0.25) is 0 Å². The summed E-state index contributed by atoms with van der Waals surface area (Å²) >= 11 is 1.76. The Labute approximate surface area is 72.0 Å². The minimum Gasteiger partial charge on any atom is -0.495 e. The van der Waals surface area contributed by atoms with Crippen LogP contribution in [0.25, 0.3) is 0 Å². The van der Waals surface area contributed by atoms with E-state index >= 15 is 0 Å². The molecule has 1 heterocycles. The highest BCUT2D eigenvalue weighted by molar-refractivity contribution is 7.10. The Morgan fingerprint density at radius 3 is 2.45 bits per heavy atom. The van der Waals surface area contributed by atoms with Crippen molar-refractivity contribution in [1.82, 2.24) is 0 Å². The van der Waals surface area contributed by atoms with Gasteiger partial charge in [-0.1, -0.05) is 13.8 Å². The van der Waals surface area contributed by atoms with Crippen LogP contribution in [0.5, 0.6) is 5.75 Å². The standard InChI is InChI=1S/C9H14OS/c1-6(2)8-5-11-7(3)9(8)10-4/h5-6H,1-4H3. The molecular weight excluding hydrogens is 156 g/mol. The summed E-state index contributed by atoms with van der Waals surface area (Å²) in [7, 11) is 1.74. The second-order valence-corrected chi connectivity index (χ2v) is 4.02. The summed E-state index contributed by atoms with van der Waals surface area (Å²) < 4.78 is 5.29. The quantitative estimate of drug-likeness (QED) is 0.662. The van der Waals surface area contributed by atoms with Crippen molar-refractivity contribution in [2.24, 2.45) is 0 Å². The van der Waals surface area contributed by atoms with E-state index in [1.165, 1.54) is 10.4 Å². The summed E-state index contributed by atoms with van der Waals surface area (Å²) in [5.74, 6) is 1.64. The molecule has 0 saturated carbocycles. The lowest BCUT2D eigenvalue weighted by Crippen LogP contribution is -1.90. The van der Waals surface area contributed by atoms with Crippen LogP contribution < -0.4 is 4.74 Å². The Balaban J connectivity index is 3.05. The summed E-state index contributed by atoms with van der Waals surface area (Å²) in [4.78, 5) is 1.27. The van der Waals surface area contributed by atoms with Gasteiger partial charge in [0.1, 0.15) is 5.75 Å². The molecule has 0 fully saturated rings. The van der Waals surface area contributed by atoms with Gasteiger partial charge in [0.05, 0.1) is 7.11 Å². The van der Waals surface area contributed by atoms with Gasteiger partial charge in [-0.3, -0.25) is 0 Å². The predicted molar refractivity (Wildman–Crippen MR) is 49.7 cm³/mol. The van der Waals surface area contributed by atoms with E-state index in [9.17, 15) is 0 Å². The Morgan fingerprint density at radius 2 is 2.09 bits per heavy atom. The third kappa shape index (κ3) is 1.56. The highest BCUT2D eigenvalue weighted by Crippen LogP contribution is 2.34. The zero-order chi connectivity index (χ0) is 8.43. The van der Waals surface area contributed by atoms with E-state index in [-0.39, 0.29) is 0 Å². The van der Waals surface area contributed by atoms with Crippen LogP contribution in [0.15, 0.2) is 5.38 Å². The molecule has 0 aliphatic heterocycles. The van der Waals surface area contributed by atoms with Crippen LogP contribution in [0.4, 0.5) is 0 Å². The Kier molecular flexibility index (Phi) is 2.55. The van der Waals surface area contributed by atoms with Gasteiger partial charge in [-0.15, -0.1) is 11.3 Å². The fraction of sp³-hybridized carbons (Fsp3) is 0.556. The molecule has 1 aromatic rings. The Hall–Kier alpha value is -0.500. The largest absolute Gasteiger partial charge is 0.495 e. The van der Waals surface area contributed by atoms with E-state index in [1.54, 1.807) is 18.4 Å². The summed E-state index contributed by atoms with van der Waals surface area (Å²) in [6.45, 7) is 6.46. The molecule has 11 heavy (non-hydrogen) atoms. The molecule has 0 saturated heterocycles. The molecule has 0 radical (unpaired) electrons. The topological polar surface area (TPSA) is 9.23 Å². The first kappa shape index (κ1) is 8.60. The summed E-state index contributed by atoms with van der Waals surface area (Å²) in [6.07, 6.45) is 0. The van der Waals surface area contributed by atoms with Gasteiger partial charge < -0.3 is 4.74 Å². The monoisotopic (exact) mass is 170 g/mol. The molecule has 0 unspecified atom stereocenters. The van der Waals surface area contributed by atoms with Crippen LogP contribution in [-0.4, -0.2) is 7.11 Å². The van der Waals surface area contributed by atoms with Gasteiger partial charge in [0.15, 0.2) is 0 Å². The molecule has 0 aliphatic carbocycles. The lowest BCUT2D eigenvalue weighted by molar-refractivity contribution is 0.407. The van der Waals surface area contributed by atoms with Crippen molar-refractivity contribution in [2.45, 2.75) is 26.7 Å². The summed E-state index contributed by atoms with van der Waals surface area (Å²) in [5, 5.41) is 2.18. The van der Waals surface area contributed by atoms with E-state index in [0.717, 1.165) is 5.75 Å². The van der Waals surface area contributed by atoms with Crippen LogP contribution in [-0.2, 0) is 0 Å². The van der Waals surface area contributed by atoms with E-state index in [2.05, 4.69) is 26.2 Å². The molecule has 0 atom stereocenters. The summed E-state index contributed by atoms with van der Waals surface area (Å²) in [6, 6.07) is 0. The zero-order valence-electron chi connectivity index (χ0n) is 7.47. The Bertz CT molecular complexity index is 238. The molecule has 0 N–H and O–H groups in total. The van der Waals surface area contributed by atoms with Crippen LogP contribution in [0.3, 0.4) is 0 Å². The third-order valence-corrected chi connectivity index (χ3v) is 2.68. The minimum absolute atomic E-state index is 0.565. The van der Waals surface area contributed by atoms with Crippen LogP contribution in [0, 0.1) is 6.92 Å². The molecule has 62 valence electrons. The molecule has 0 amide bonds. The van der Waals surface area contributed by atoms with E-state index in [1.807, 2.05) is 0 Å². The second kappa shape index (κ2) is 3.26. The minimum atomic E-state index is 0.565. The number of aryl methyl sites for hydroxylation is 1. The maximum Gasteiger partial charge on any atom is 0.135 e. The maximum atomic E-state index is 5.29. The number of ether oxygens (including phenoxy) is 1. The van der Waals surface area contributed by atoms with E-state index in [4.69, 9.17) is 4.74 Å². The predicted octanol–water partition coefficient (Wildman–Crippen LogP) is 3.19. The number of thiophene rings is 1. The number of methoxy groups -OCH3 is 1. The molecule has 2 heteroatoms. The van der Waals surface area contributed by atoms with E-state index in [0.29, 0.717) is 5.92 Å². The van der Waals surface area contributed by atoms with Crippen molar-refractivity contribution in [3.05, 3.63) is 15.8 Å². The van der Waals surface area contributed by atoms with Crippen LogP contribution >= 0.6 is 11.3 Å². The number of rotatable bonds is 2. The van der Waals surface area contributed by atoms with Gasteiger partial charge in [-0.2, -0.15) is 0 Å². The highest BCUT2D eigenvalue weighted by Gasteiger charge is 2.10. The highest BCUT2D eigenvalue weighted by atomic mass is 32.1. The molecule has 0 bridgehead atoms. The first-order valence-electron chi connectivity index (χ1n) is 3.78. The van der Waals surface area contributed by atoms with Gasteiger partial charge >= 0.3 is 0 Å². The maximum absolute atomic E-state index is 5.29. The molecule has 0 aliphatic rings. The average Bonchev–Trinajstić information content (AvgIpc) is 2.30. The lowest BCUT2D eigenvalue weighted by Gasteiger charge is -2.06. The van der Waals surface area contributed by atoms with Crippen molar-refractivity contribution in [3.8, 4) is 5.75 Å². The fourth-order valence-electron chi connectivity index (χ4n) is 1.12. The number of hydrogen-bond donors (Lipinski definition) is 0. The molecule has 1 rings (SSSR count). The molecule has 1 aromatic heterocycles. The third-order valence-electron chi connectivity index (χ3n) is 1.77. The first-order chi connectivity index (χ1) is 5.16. The van der Waals surface area contributed by atoms with Crippen molar-refractivity contribution < 1.29 is 4.74 Å². The molecule has 0 aromatic carbocycles. The Morgan fingerprint density at radius 1 is 1.45 bits per heavy atom. The first-order valence-corrected chi connectivity index (χ1v) is 4.66. The van der Waals surface area contributed by atoms with Crippen LogP contribution in [0.1, 0.15) is 30.2 Å². The van der Waals surface area contributed by atoms with E-state index < -0.39 is 0 Å². The van der Waals surface area contributed by atoms with Gasteiger partial charge in [0.25, 0.3) is 0 Å².